The average Bonchev–Trinajstić information content (AvgIpc) is 3.48. The van der Waals surface area contributed by atoms with Crippen LogP contribution in [0.5, 0.6) is 0 Å². The van der Waals surface area contributed by atoms with E-state index in [-0.39, 0.29) is 17.3 Å². The van der Waals surface area contributed by atoms with Gasteiger partial charge in [-0.2, -0.15) is 26.3 Å². The zero-order valence-electron chi connectivity index (χ0n) is 17.0. The molecule has 0 atom stereocenters. The van der Waals surface area contributed by atoms with Gasteiger partial charge in [0.2, 0.25) is 0 Å². The molecule has 1 aliphatic carbocycles. The molecule has 0 bridgehead atoms. The van der Waals surface area contributed by atoms with Gasteiger partial charge in [0.25, 0.3) is 0 Å². The predicted octanol–water partition coefficient (Wildman–Crippen LogP) is 4.15. The molecule has 188 valence electrons. The van der Waals surface area contributed by atoms with Gasteiger partial charge >= 0.3 is 24.3 Å². The van der Waals surface area contributed by atoms with Gasteiger partial charge in [-0.15, -0.1) is 0 Å². The number of halogens is 7. The van der Waals surface area contributed by atoms with E-state index in [0.29, 0.717) is 24.2 Å². The van der Waals surface area contributed by atoms with Crippen molar-refractivity contribution in [2.45, 2.75) is 37.3 Å². The Morgan fingerprint density at radius 2 is 1.65 bits per heavy atom. The molecule has 1 aromatic carbocycles. The van der Waals surface area contributed by atoms with Crippen LogP contribution in [-0.4, -0.2) is 38.9 Å². The van der Waals surface area contributed by atoms with Gasteiger partial charge in [-0.25, -0.2) is 4.79 Å². The standard InChI is InChI=1S/C13H11ClF3N3.C4H7NO2.C2HF3O2/c14-8-1-4-12(11(5-8)13(15,16)17)20-10-3-2-9(6-18)19-7-10;5-4(1-2-4)3(6)7;3-2(4,5)1(6)7/h1-5,7,20H,6,18H2;1-2,5H2,(H,6,7);(H,6,7). The summed E-state index contributed by atoms with van der Waals surface area (Å²) in [5.41, 5.74) is 9.95. The summed E-state index contributed by atoms with van der Waals surface area (Å²) in [6, 6.07) is 6.81. The first-order chi connectivity index (χ1) is 15.5. The topological polar surface area (TPSA) is 152 Å². The van der Waals surface area contributed by atoms with Gasteiger partial charge in [-0.1, -0.05) is 11.6 Å². The molecule has 0 unspecified atom stereocenters. The molecular formula is C19H19ClF6N4O4. The van der Waals surface area contributed by atoms with Crippen LogP contribution in [0.4, 0.5) is 37.7 Å². The molecule has 0 radical (unpaired) electrons. The van der Waals surface area contributed by atoms with Crippen molar-refractivity contribution >= 4 is 34.9 Å². The van der Waals surface area contributed by atoms with Gasteiger partial charge in [-0.3, -0.25) is 9.78 Å². The number of hydrogen-bond acceptors (Lipinski definition) is 6. The number of rotatable bonds is 4. The zero-order valence-corrected chi connectivity index (χ0v) is 17.8. The number of alkyl halides is 6. The third kappa shape index (κ3) is 9.41. The highest BCUT2D eigenvalue weighted by Gasteiger charge is 2.46. The van der Waals surface area contributed by atoms with Gasteiger partial charge < -0.3 is 27.0 Å². The lowest BCUT2D eigenvalue weighted by atomic mass is 10.1. The summed E-state index contributed by atoms with van der Waals surface area (Å²) in [4.78, 5) is 22.9. The molecule has 0 saturated heterocycles. The third-order valence-electron chi connectivity index (χ3n) is 4.06. The summed E-state index contributed by atoms with van der Waals surface area (Å²) >= 11 is 5.61. The van der Waals surface area contributed by atoms with Crippen molar-refractivity contribution in [2.75, 3.05) is 5.32 Å². The Hall–Kier alpha value is -3.10. The summed E-state index contributed by atoms with van der Waals surface area (Å²) < 4.78 is 70.5. The molecule has 1 heterocycles. The van der Waals surface area contributed by atoms with Crippen LogP contribution in [0.2, 0.25) is 5.02 Å². The summed E-state index contributed by atoms with van der Waals surface area (Å²) in [6.45, 7) is 0.273. The summed E-state index contributed by atoms with van der Waals surface area (Å²) in [5.74, 6) is -3.62. The van der Waals surface area contributed by atoms with Gasteiger partial charge in [0.15, 0.2) is 0 Å². The lowest BCUT2D eigenvalue weighted by molar-refractivity contribution is -0.192. The lowest BCUT2D eigenvalue weighted by Gasteiger charge is -2.15. The normalized spacial score (nSPS) is 14.0. The minimum atomic E-state index is -5.08. The largest absolute Gasteiger partial charge is 0.490 e. The SMILES string of the molecule is NC1(C(=O)O)CC1.NCc1ccc(Nc2ccc(Cl)cc2C(F)(F)F)cn1.O=C(O)C(F)(F)F. The van der Waals surface area contributed by atoms with Crippen LogP contribution in [0.1, 0.15) is 24.1 Å². The molecule has 15 heteroatoms. The summed E-state index contributed by atoms with van der Waals surface area (Å²) in [5, 5.41) is 18.0. The van der Waals surface area contributed by atoms with E-state index in [1.165, 1.54) is 18.3 Å². The number of benzene rings is 1. The summed E-state index contributed by atoms with van der Waals surface area (Å²) in [6.07, 6.45) is -6.86. The van der Waals surface area contributed by atoms with E-state index in [9.17, 15) is 31.1 Å². The van der Waals surface area contributed by atoms with Crippen LogP contribution in [0.3, 0.4) is 0 Å². The molecule has 0 spiro atoms. The molecule has 1 saturated carbocycles. The number of carboxylic acid groups (broad SMARTS) is 2. The molecule has 8 nitrogen and oxygen atoms in total. The molecule has 2 aromatic rings. The van der Waals surface area contributed by atoms with E-state index in [2.05, 4.69) is 10.3 Å². The second-order valence-corrected chi connectivity index (χ2v) is 7.26. The van der Waals surface area contributed by atoms with Crippen molar-refractivity contribution in [1.29, 1.82) is 0 Å². The van der Waals surface area contributed by atoms with Crippen LogP contribution in [0, 0.1) is 0 Å². The fourth-order valence-electron chi connectivity index (χ4n) is 1.98. The highest BCUT2D eigenvalue weighted by Crippen LogP contribution is 2.37. The Kier molecular flexibility index (Phi) is 9.66. The van der Waals surface area contributed by atoms with E-state index in [4.69, 9.17) is 38.1 Å². The highest BCUT2D eigenvalue weighted by molar-refractivity contribution is 6.30. The van der Waals surface area contributed by atoms with Crippen molar-refractivity contribution in [1.82, 2.24) is 4.98 Å². The number of anilines is 2. The van der Waals surface area contributed by atoms with Gasteiger partial charge in [0, 0.05) is 11.6 Å². The van der Waals surface area contributed by atoms with Crippen LogP contribution in [0.25, 0.3) is 0 Å². The van der Waals surface area contributed by atoms with Gasteiger partial charge in [-0.05, 0) is 43.2 Å². The van der Waals surface area contributed by atoms with Crippen LogP contribution >= 0.6 is 11.6 Å². The minimum absolute atomic E-state index is 0.0273. The predicted molar refractivity (Wildman–Crippen MR) is 109 cm³/mol. The molecular weight excluding hydrogens is 498 g/mol. The van der Waals surface area contributed by atoms with Crippen molar-refractivity contribution in [3.05, 3.63) is 52.8 Å². The average molecular weight is 517 g/mol. The monoisotopic (exact) mass is 516 g/mol. The first kappa shape index (κ1) is 28.9. The molecule has 0 aliphatic heterocycles. The number of nitrogens with one attached hydrogen (secondary N) is 1. The van der Waals surface area contributed by atoms with E-state index in [1.54, 1.807) is 12.1 Å². The quantitative estimate of drug-likeness (QED) is 0.380. The van der Waals surface area contributed by atoms with E-state index >= 15 is 0 Å². The number of nitrogens with zero attached hydrogens (tertiary/aromatic N) is 1. The molecule has 1 aromatic heterocycles. The Labute approximate surface area is 193 Å². The second-order valence-electron chi connectivity index (χ2n) is 6.82. The maximum absolute atomic E-state index is 12.9. The molecule has 0 amide bonds. The lowest BCUT2D eigenvalue weighted by Crippen LogP contribution is -2.31. The number of hydrogen-bond donors (Lipinski definition) is 5. The smallest absolute Gasteiger partial charge is 0.480 e. The number of aromatic nitrogens is 1. The van der Waals surface area contributed by atoms with E-state index in [0.717, 1.165) is 6.07 Å². The van der Waals surface area contributed by atoms with E-state index in [1.807, 2.05) is 0 Å². The molecule has 34 heavy (non-hydrogen) atoms. The van der Waals surface area contributed by atoms with Crippen molar-refractivity contribution < 1.29 is 46.1 Å². The van der Waals surface area contributed by atoms with Crippen molar-refractivity contribution in [3.63, 3.8) is 0 Å². The van der Waals surface area contributed by atoms with E-state index < -0.39 is 35.4 Å². The number of carbonyl (C=O) groups is 2. The molecule has 1 fully saturated rings. The zero-order chi connectivity index (χ0) is 26.3. The Morgan fingerprint density at radius 3 is 1.97 bits per heavy atom. The summed E-state index contributed by atoms with van der Waals surface area (Å²) in [7, 11) is 0. The number of pyridine rings is 1. The highest BCUT2D eigenvalue weighted by atomic mass is 35.5. The van der Waals surface area contributed by atoms with Crippen LogP contribution in [-0.2, 0) is 22.3 Å². The Bertz CT molecular complexity index is 981. The number of nitrogens with two attached hydrogens (primary N) is 2. The first-order valence-electron chi connectivity index (χ1n) is 9.11. The van der Waals surface area contributed by atoms with Crippen LogP contribution in [0.15, 0.2) is 36.5 Å². The van der Waals surface area contributed by atoms with Crippen LogP contribution < -0.4 is 16.8 Å². The fourth-order valence-corrected chi connectivity index (χ4v) is 2.16. The van der Waals surface area contributed by atoms with Gasteiger partial charge in [0.05, 0.1) is 28.8 Å². The Balaban J connectivity index is 0.000000337. The molecule has 7 N–H and O–H groups in total. The molecule has 3 rings (SSSR count). The van der Waals surface area contributed by atoms with Crippen molar-refractivity contribution in [3.8, 4) is 0 Å². The number of aliphatic carboxylic acids is 2. The first-order valence-corrected chi connectivity index (χ1v) is 9.48. The molecule has 1 aliphatic rings. The maximum Gasteiger partial charge on any atom is 0.490 e. The van der Waals surface area contributed by atoms with Gasteiger partial charge in [0.1, 0.15) is 5.54 Å². The number of carboxylic acids is 2. The van der Waals surface area contributed by atoms with Crippen molar-refractivity contribution in [2.24, 2.45) is 11.5 Å². The Morgan fingerprint density at radius 1 is 1.09 bits per heavy atom. The second kappa shape index (κ2) is 11.4. The maximum atomic E-state index is 12.9. The third-order valence-corrected chi connectivity index (χ3v) is 4.29. The fraction of sp³-hybridized carbons (Fsp3) is 0.316. The minimum Gasteiger partial charge on any atom is -0.480 e.